The number of nitrogens with one attached hydrogen (secondary N) is 1. The Kier molecular flexibility index (Phi) is 1.98. The van der Waals surface area contributed by atoms with Crippen molar-refractivity contribution < 1.29 is 23.8 Å². The molecule has 0 unspecified atom stereocenters. The number of carbonyl (C=O) groups is 2. The standard InChI is InChI=1S/C11H9NO5/c1-15-5-4-6-10(17-3-2-16-6)8-7(5)9(13)11(14)12-8/h4H,2-3H2,1H3,(H,12,13,14). The zero-order valence-corrected chi connectivity index (χ0v) is 9.03. The zero-order chi connectivity index (χ0) is 12.0. The topological polar surface area (TPSA) is 73.9 Å². The first-order valence-electron chi connectivity index (χ1n) is 5.08. The number of anilines is 1. The summed E-state index contributed by atoms with van der Waals surface area (Å²) >= 11 is 0. The summed E-state index contributed by atoms with van der Waals surface area (Å²) in [6, 6.07) is 1.56. The Balaban J connectivity index is 2.27. The molecule has 6 nitrogen and oxygen atoms in total. The van der Waals surface area contributed by atoms with Crippen LogP contribution in [-0.4, -0.2) is 32.0 Å². The molecule has 1 amide bonds. The highest BCUT2D eigenvalue weighted by Gasteiger charge is 2.37. The first-order valence-corrected chi connectivity index (χ1v) is 5.08. The number of Topliss-reactive ketones (excluding diaryl/α,β-unsaturated/α-hetero) is 1. The number of hydrogen-bond donors (Lipinski definition) is 1. The predicted octanol–water partition coefficient (Wildman–Crippen LogP) is 0.601. The van der Waals surface area contributed by atoms with Gasteiger partial charge in [-0.25, -0.2) is 0 Å². The molecular formula is C11H9NO5. The smallest absolute Gasteiger partial charge is 0.297 e. The quantitative estimate of drug-likeness (QED) is 0.721. The number of rotatable bonds is 1. The minimum atomic E-state index is -0.680. The summed E-state index contributed by atoms with van der Waals surface area (Å²) in [5.41, 5.74) is 0.552. The molecule has 6 heteroatoms. The molecule has 17 heavy (non-hydrogen) atoms. The average molecular weight is 235 g/mol. The van der Waals surface area contributed by atoms with Gasteiger partial charge in [-0.2, -0.15) is 0 Å². The Morgan fingerprint density at radius 3 is 2.82 bits per heavy atom. The van der Waals surface area contributed by atoms with Crippen molar-refractivity contribution in [1.82, 2.24) is 0 Å². The largest absolute Gasteiger partial charge is 0.496 e. The zero-order valence-electron chi connectivity index (χ0n) is 9.03. The fraction of sp³-hybridized carbons (Fsp3) is 0.273. The second-order valence-electron chi connectivity index (χ2n) is 3.64. The van der Waals surface area contributed by atoms with Crippen LogP contribution in [0.5, 0.6) is 17.2 Å². The van der Waals surface area contributed by atoms with Crippen molar-refractivity contribution >= 4 is 17.4 Å². The van der Waals surface area contributed by atoms with Crippen LogP contribution in [0.4, 0.5) is 5.69 Å². The van der Waals surface area contributed by atoms with Gasteiger partial charge in [0, 0.05) is 6.07 Å². The van der Waals surface area contributed by atoms with Crippen LogP contribution in [0.2, 0.25) is 0 Å². The number of ketones is 1. The maximum absolute atomic E-state index is 11.7. The highest BCUT2D eigenvalue weighted by Crippen LogP contribution is 2.47. The first-order chi connectivity index (χ1) is 8.22. The van der Waals surface area contributed by atoms with Gasteiger partial charge in [0.15, 0.2) is 11.5 Å². The minimum Gasteiger partial charge on any atom is -0.496 e. The van der Waals surface area contributed by atoms with Crippen molar-refractivity contribution in [2.24, 2.45) is 0 Å². The molecule has 88 valence electrons. The van der Waals surface area contributed by atoms with Gasteiger partial charge in [0.25, 0.3) is 11.7 Å². The Morgan fingerprint density at radius 1 is 1.29 bits per heavy atom. The number of methoxy groups -OCH3 is 1. The van der Waals surface area contributed by atoms with Crippen LogP contribution in [0.15, 0.2) is 6.07 Å². The summed E-state index contributed by atoms with van der Waals surface area (Å²) in [4.78, 5) is 23.0. The Bertz CT molecular complexity index is 537. The summed E-state index contributed by atoms with van der Waals surface area (Å²) in [5.74, 6) is -0.115. The van der Waals surface area contributed by atoms with Crippen molar-refractivity contribution in [3.05, 3.63) is 11.6 Å². The molecule has 2 aliphatic rings. The molecule has 0 radical (unpaired) electrons. The van der Waals surface area contributed by atoms with E-state index >= 15 is 0 Å². The van der Waals surface area contributed by atoms with Crippen LogP contribution >= 0.6 is 0 Å². The van der Waals surface area contributed by atoms with Gasteiger partial charge in [0.1, 0.15) is 24.7 Å². The lowest BCUT2D eigenvalue weighted by Crippen LogP contribution is -2.16. The Hall–Kier alpha value is -2.24. The van der Waals surface area contributed by atoms with E-state index in [1.54, 1.807) is 6.07 Å². The third-order valence-corrected chi connectivity index (χ3v) is 2.69. The van der Waals surface area contributed by atoms with Gasteiger partial charge in [-0.15, -0.1) is 0 Å². The second kappa shape index (κ2) is 3.38. The fourth-order valence-electron chi connectivity index (χ4n) is 1.95. The minimum absolute atomic E-state index is 0.210. The number of fused-ring (bicyclic) bond motifs is 3. The van der Waals surface area contributed by atoms with Gasteiger partial charge in [-0.1, -0.05) is 0 Å². The lowest BCUT2D eigenvalue weighted by molar-refractivity contribution is -0.112. The lowest BCUT2D eigenvalue weighted by atomic mass is 10.1. The summed E-state index contributed by atoms with van der Waals surface area (Å²) in [7, 11) is 1.43. The summed E-state index contributed by atoms with van der Waals surface area (Å²) in [6.45, 7) is 0.812. The maximum atomic E-state index is 11.7. The number of hydrogen-bond acceptors (Lipinski definition) is 5. The molecule has 3 rings (SSSR count). The van der Waals surface area contributed by atoms with Crippen LogP contribution in [0.3, 0.4) is 0 Å². The molecule has 0 saturated heterocycles. The van der Waals surface area contributed by atoms with E-state index in [1.165, 1.54) is 7.11 Å². The van der Waals surface area contributed by atoms with E-state index in [4.69, 9.17) is 14.2 Å². The summed E-state index contributed by atoms with van der Waals surface area (Å²) in [6.07, 6.45) is 0. The van der Waals surface area contributed by atoms with Crippen LogP contribution in [0.1, 0.15) is 10.4 Å². The number of ether oxygens (including phenoxy) is 3. The molecule has 1 aromatic rings. The molecule has 1 N–H and O–H groups in total. The van der Waals surface area contributed by atoms with Crippen molar-refractivity contribution in [3.8, 4) is 17.2 Å². The van der Waals surface area contributed by atoms with Crippen LogP contribution < -0.4 is 19.5 Å². The second-order valence-corrected chi connectivity index (χ2v) is 3.64. The molecule has 2 heterocycles. The SMILES string of the molecule is COc1cc2c(c3c1C(=O)C(=O)N3)OCCO2. The summed E-state index contributed by atoms with van der Waals surface area (Å²) < 4.78 is 15.9. The van der Waals surface area contributed by atoms with Crippen LogP contribution in [-0.2, 0) is 4.79 Å². The summed E-state index contributed by atoms with van der Waals surface area (Å²) in [5, 5.41) is 2.48. The van der Waals surface area contributed by atoms with E-state index in [0.717, 1.165) is 0 Å². The van der Waals surface area contributed by atoms with Gasteiger partial charge in [0.2, 0.25) is 0 Å². The normalized spacial score (nSPS) is 16.5. The van der Waals surface area contributed by atoms with Gasteiger partial charge in [0.05, 0.1) is 12.7 Å². The predicted molar refractivity (Wildman–Crippen MR) is 56.9 cm³/mol. The van der Waals surface area contributed by atoms with Gasteiger partial charge in [-0.05, 0) is 0 Å². The number of benzene rings is 1. The van der Waals surface area contributed by atoms with E-state index in [2.05, 4.69) is 5.32 Å². The monoisotopic (exact) mass is 235 g/mol. The number of amides is 1. The van der Waals surface area contributed by atoms with Gasteiger partial charge < -0.3 is 19.5 Å². The van der Waals surface area contributed by atoms with E-state index in [-0.39, 0.29) is 5.56 Å². The molecule has 0 aromatic heterocycles. The van der Waals surface area contributed by atoms with E-state index in [0.29, 0.717) is 36.1 Å². The van der Waals surface area contributed by atoms with Crippen LogP contribution in [0, 0.1) is 0 Å². The lowest BCUT2D eigenvalue weighted by Gasteiger charge is -2.21. The molecule has 0 atom stereocenters. The Labute approximate surface area is 96.5 Å². The molecular weight excluding hydrogens is 226 g/mol. The van der Waals surface area contributed by atoms with E-state index in [1.807, 2.05) is 0 Å². The molecule has 1 aromatic carbocycles. The van der Waals surface area contributed by atoms with E-state index < -0.39 is 11.7 Å². The molecule has 0 fully saturated rings. The molecule has 0 aliphatic carbocycles. The molecule has 0 saturated carbocycles. The average Bonchev–Trinajstić information content (AvgIpc) is 2.65. The van der Waals surface area contributed by atoms with Gasteiger partial charge in [-0.3, -0.25) is 9.59 Å². The van der Waals surface area contributed by atoms with Crippen LogP contribution in [0.25, 0.3) is 0 Å². The Morgan fingerprint density at radius 2 is 2.06 bits per heavy atom. The van der Waals surface area contributed by atoms with Crippen molar-refractivity contribution in [2.75, 3.05) is 25.6 Å². The third-order valence-electron chi connectivity index (χ3n) is 2.69. The van der Waals surface area contributed by atoms with Crippen molar-refractivity contribution in [3.63, 3.8) is 0 Å². The van der Waals surface area contributed by atoms with Crippen molar-refractivity contribution in [1.29, 1.82) is 0 Å². The molecule has 0 spiro atoms. The highest BCUT2D eigenvalue weighted by atomic mass is 16.6. The fourth-order valence-corrected chi connectivity index (χ4v) is 1.95. The number of carbonyl (C=O) groups excluding carboxylic acids is 2. The van der Waals surface area contributed by atoms with Crippen molar-refractivity contribution in [2.45, 2.75) is 0 Å². The molecule has 2 aliphatic heterocycles. The maximum Gasteiger partial charge on any atom is 0.297 e. The first kappa shape index (κ1) is 9.95. The third kappa shape index (κ3) is 1.27. The molecule has 0 bridgehead atoms. The van der Waals surface area contributed by atoms with Gasteiger partial charge >= 0.3 is 0 Å². The van der Waals surface area contributed by atoms with E-state index in [9.17, 15) is 9.59 Å². The highest BCUT2D eigenvalue weighted by molar-refractivity contribution is 6.52.